The first kappa shape index (κ1) is 10.3. The highest BCUT2D eigenvalue weighted by molar-refractivity contribution is 6.29. The highest BCUT2D eigenvalue weighted by atomic mass is 35.5. The van der Waals surface area contributed by atoms with Crippen LogP contribution in [0.15, 0.2) is 21.0 Å². The standard InChI is InChI=1S/C10H8ClN3O3/c11-7-4-3-6(16-7)8(15)12-10-14-13-9(17-10)5-1-2-5/h3-5H,1-2H2,(H,12,14,15). The molecule has 0 aliphatic heterocycles. The topological polar surface area (TPSA) is 81.2 Å². The van der Waals surface area contributed by atoms with Crippen LogP contribution < -0.4 is 5.32 Å². The summed E-state index contributed by atoms with van der Waals surface area (Å²) in [5.41, 5.74) is 0. The highest BCUT2D eigenvalue weighted by Crippen LogP contribution is 2.39. The summed E-state index contributed by atoms with van der Waals surface area (Å²) in [4.78, 5) is 11.6. The van der Waals surface area contributed by atoms with Crippen molar-refractivity contribution in [3.8, 4) is 0 Å². The van der Waals surface area contributed by atoms with E-state index in [2.05, 4.69) is 15.5 Å². The minimum absolute atomic E-state index is 0.0735. The maximum atomic E-state index is 11.6. The number of carbonyl (C=O) groups excluding carboxylic acids is 1. The fourth-order valence-corrected chi connectivity index (χ4v) is 1.52. The molecule has 0 aromatic carbocycles. The molecule has 88 valence electrons. The molecule has 1 amide bonds. The third kappa shape index (κ3) is 2.16. The van der Waals surface area contributed by atoms with E-state index in [4.69, 9.17) is 20.4 Å². The maximum Gasteiger partial charge on any atom is 0.322 e. The highest BCUT2D eigenvalue weighted by Gasteiger charge is 2.29. The number of amides is 1. The van der Waals surface area contributed by atoms with E-state index in [1.807, 2.05) is 0 Å². The Hall–Kier alpha value is -1.82. The zero-order chi connectivity index (χ0) is 11.8. The van der Waals surface area contributed by atoms with Crippen molar-refractivity contribution in [2.24, 2.45) is 0 Å². The third-order valence-corrected chi connectivity index (χ3v) is 2.59. The lowest BCUT2D eigenvalue weighted by atomic mass is 10.4. The van der Waals surface area contributed by atoms with Gasteiger partial charge in [0.2, 0.25) is 5.89 Å². The molecule has 2 aromatic heterocycles. The molecule has 1 aliphatic rings. The molecule has 1 fully saturated rings. The Bertz CT molecular complexity index is 559. The summed E-state index contributed by atoms with van der Waals surface area (Å²) in [6.45, 7) is 0. The first-order chi connectivity index (χ1) is 8.22. The molecule has 1 N–H and O–H groups in total. The lowest BCUT2D eigenvalue weighted by molar-refractivity contribution is 0.0993. The van der Waals surface area contributed by atoms with Crippen LogP contribution in [0.5, 0.6) is 0 Å². The van der Waals surface area contributed by atoms with Crippen LogP contribution >= 0.6 is 11.6 Å². The molecule has 0 atom stereocenters. The first-order valence-electron chi connectivity index (χ1n) is 5.12. The third-order valence-electron chi connectivity index (χ3n) is 2.38. The number of aromatic nitrogens is 2. The molecule has 1 saturated carbocycles. The number of anilines is 1. The molecule has 0 radical (unpaired) electrons. The predicted molar refractivity (Wildman–Crippen MR) is 57.9 cm³/mol. The van der Waals surface area contributed by atoms with E-state index < -0.39 is 5.91 Å². The van der Waals surface area contributed by atoms with Gasteiger partial charge < -0.3 is 8.83 Å². The zero-order valence-corrected chi connectivity index (χ0v) is 9.40. The van der Waals surface area contributed by atoms with Gasteiger partial charge in [-0.2, -0.15) is 0 Å². The average Bonchev–Trinajstić information content (AvgIpc) is 2.90. The van der Waals surface area contributed by atoms with Crippen LogP contribution in [-0.4, -0.2) is 16.1 Å². The van der Waals surface area contributed by atoms with Gasteiger partial charge in [0.1, 0.15) is 0 Å². The van der Waals surface area contributed by atoms with E-state index in [0.29, 0.717) is 11.8 Å². The summed E-state index contributed by atoms with van der Waals surface area (Å²) >= 11 is 5.56. The molecule has 0 bridgehead atoms. The molecule has 2 aromatic rings. The number of nitrogens with zero attached hydrogens (tertiary/aromatic N) is 2. The number of furan rings is 1. The van der Waals surface area contributed by atoms with Gasteiger partial charge >= 0.3 is 6.01 Å². The summed E-state index contributed by atoms with van der Waals surface area (Å²) in [7, 11) is 0. The number of carbonyl (C=O) groups is 1. The Balaban J connectivity index is 1.71. The van der Waals surface area contributed by atoms with Gasteiger partial charge in [-0.3, -0.25) is 10.1 Å². The second kappa shape index (κ2) is 3.89. The average molecular weight is 254 g/mol. The van der Waals surface area contributed by atoms with Gasteiger partial charge in [-0.05, 0) is 36.6 Å². The quantitative estimate of drug-likeness (QED) is 0.909. The Labute approximate surface area is 101 Å². The Morgan fingerprint density at radius 1 is 1.35 bits per heavy atom. The number of hydrogen-bond acceptors (Lipinski definition) is 5. The summed E-state index contributed by atoms with van der Waals surface area (Å²) in [6.07, 6.45) is 2.12. The normalized spacial score (nSPS) is 14.9. The van der Waals surface area contributed by atoms with Crippen molar-refractivity contribution in [2.45, 2.75) is 18.8 Å². The van der Waals surface area contributed by atoms with Gasteiger partial charge in [0, 0.05) is 5.92 Å². The number of halogens is 1. The monoisotopic (exact) mass is 253 g/mol. The predicted octanol–water partition coefficient (Wildman–Crippen LogP) is 2.45. The van der Waals surface area contributed by atoms with Crippen molar-refractivity contribution in [1.29, 1.82) is 0 Å². The summed E-state index contributed by atoms with van der Waals surface area (Å²) in [5, 5.41) is 10.2. The van der Waals surface area contributed by atoms with Crippen LogP contribution in [0.3, 0.4) is 0 Å². The summed E-state index contributed by atoms with van der Waals surface area (Å²) < 4.78 is 10.2. The van der Waals surface area contributed by atoms with Crippen molar-refractivity contribution < 1.29 is 13.6 Å². The van der Waals surface area contributed by atoms with Crippen molar-refractivity contribution in [1.82, 2.24) is 10.2 Å². The van der Waals surface area contributed by atoms with Crippen LogP contribution in [-0.2, 0) is 0 Å². The molecule has 7 heteroatoms. The molecule has 6 nitrogen and oxygen atoms in total. The minimum atomic E-state index is -0.470. The lowest BCUT2D eigenvalue weighted by Gasteiger charge is -1.95. The van der Waals surface area contributed by atoms with Crippen LogP contribution in [0, 0.1) is 0 Å². The fourth-order valence-electron chi connectivity index (χ4n) is 1.38. The van der Waals surface area contributed by atoms with Crippen LogP contribution in [0.25, 0.3) is 0 Å². The van der Waals surface area contributed by atoms with Crippen LogP contribution in [0.4, 0.5) is 6.01 Å². The van der Waals surface area contributed by atoms with Crippen molar-refractivity contribution in [3.63, 3.8) is 0 Å². The van der Waals surface area contributed by atoms with Gasteiger partial charge in [0.15, 0.2) is 11.0 Å². The smallest absolute Gasteiger partial charge is 0.322 e. The summed E-state index contributed by atoms with van der Waals surface area (Å²) in [5.74, 6) is 0.549. The molecule has 17 heavy (non-hydrogen) atoms. The van der Waals surface area contributed by atoms with Gasteiger partial charge in [-0.15, -0.1) is 5.10 Å². The van der Waals surface area contributed by atoms with E-state index in [0.717, 1.165) is 12.8 Å². The van der Waals surface area contributed by atoms with Crippen LogP contribution in [0.1, 0.15) is 35.2 Å². The molecule has 2 heterocycles. The second-order valence-corrected chi connectivity index (χ2v) is 4.15. The number of rotatable bonds is 3. The van der Waals surface area contributed by atoms with E-state index in [9.17, 15) is 4.79 Å². The van der Waals surface area contributed by atoms with Gasteiger partial charge in [-0.25, -0.2) is 0 Å². The van der Waals surface area contributed by atoms with Crippen molar-refractivity contribution >= 4 is 23.5 Å². The van der Waals surface area contributed by atoms with E-state index in [1.54, 1.807) is 0 Å². The lowest BCUT2D eigenvalue weighted by Crippen LogP contribution is -2.10. The van der Waals surface area contributed by atoms with Gasteiger partial charge in [0.25, 0.3) is 5.91 Å². The molecule has 3 rings (SSSR count). The molecule has 0 spiro atoms. The maximum absolute atomic E-state index is 11.6. The first-order valence-corrected chi connectivity index (χ1v) is 5.50. The van der Waals surface area contributed by atoms with Crippen molar-refractivity contribution in [3.05, 3.63) is 29.0 Å². The van der Waals surface area contributed by atoms with Gasteiger partial charge in [0.05, 0.1) is 0 Å². The Morgan fingerprint density at radius 3 is 2.82 bits per heavy atom. The molecule has 1 aliphatic carbocycles. The van der Waals surface area contributed by atoms with E-state index in [1.165, 1.54) is 12.1 Å². The minimum Gasteiger partial charge on any atom is -0.440 e. The Kier molecular flexibility index (Phi) is 2.36. The largest absolute Gasteiger partial charge is 0.440 e. The molecular weight excluding hydrogens is 246 g/mol. The fraction of sp³-hybridized carbons (Fsp3) is 0.300. The SMILES string of the molecule is O=C(Nc1nnc(C2CC2)o1)c1ccc(Cl)o1. The second-order valence-electron chi connectivity index (χ2n) is 3.78. The van der Waals surface area contributed by atoms with Crippen molar-refractivity contribution in [2.75, 3.05) is 5.32 Å². The number of nitrogens with one attached hydrogen (secondary N) is 1. The Morgan fingerprint density at radius 2 is 2.18 bits per heavy atom. The molecule has 0 saturated heterocycles. The van der Waals surface area contributed by atoms with E-state index in [-0.39, 0.29) is 17.0 Å². The molecule has 0 unspecified atom stereocenters. The number of hydrogen-bond donors (Lipinski definition) is 1. The van der Waals surface area contributed by atoms with Gasteiger partial charge in [-0.1, -0.05) is 5.10 Å². The van der Waals surface area contributed by atoms with E-state index >= 15 is 0 Å². The van der Waals surface area contributed by atoms with Crippen LogP contribution in [0.2, 0.25) is 5.22 Å². The zero-order valence-electron chi connectivity index (χ0n) is 8.64. The molecular formula is C10H8ClN3O3. The summed E-state index contributed by atoms with van der Waals surface area (Å²) in [6, 6.07) is 3.03.